The first kappa shape index (κ1) is 28.0. The summed E-state index contributed by atoms with van der Waals surface area (Å²) in [6.45, 7) is 3.06. The van der Waals surface area contributed by atoms with Crippen LogP contribution >= 0.6 is 11.6 Å². The van der Waals surface area contributed by atoms with Crippen molar-refractivity contribution in [1.82, 2.24) is 30.0 Å². The first-order valence-corrected chi connectivity index (χ1v) is 14.8. The normalized spacial score (nSPS) is 20.7. The number of H-pyrrole nitrogens is 1. The van der Waals surface area contributed by atoms with E-state index in [-0.39, 0.29) is 43.1 Å². The number of aromatic nitrogens is 5. The molecule has 0 unspecified atom stereocenters. The lowest BCUT2D eigenvalue weighted by molar-refractivity contribution is -0.00448. The number of hydrogen-bond acceptors (Lipinski definition) is 11. The average molecular weight is 612 g/mol. The van der Waals surface area contributed by atoms with Crippen molar-refractivity contribution in [3.8, 4) is 17.3 Å². The molecule has 2 fully saturated rings. The molecule has 0 radical (unpaired) electrons. The molecule has 14 heteroatoms. The van der Waals surface area contributed by atoms with Crippen LogP contribution in [0, 0.1) is 5.82 Å². The van der Waals surface area contributed by atoms with E-state index >= 15 is 4.39 Å². The van der Waals surface area contributed by atoms with E-state index in [4.69, 9.17) is 35.5 Å². The zero-order valence-corrected chi connectivity index (χ0v) is 24.4. The van der Waals surface area contributed by atoms with E-state index in [1.165, 1.54) is 0 Å². The Morgan fingerprint density at radius 1 is 1.14 bits per heavy atom. The minimum Gasteiger partial charge on any atom is -0.460 e. The van der Waals surface area contributed by atoms with Crippen LogP contribution in [0.25, 0.3) is 33.1 Å². The van der Waals surface area contributed by atoms with Crippen LogP contribution in [0.3, 0.4) is 0 Å². The van der Waals surface area contributed by atoms with Gasteiger partial charge in [0.05, 0.1) is 43.5 Å². The maximum absolute atomic E-state index is 16.8. The van der Waals surface area contributed by atoms with Crippen molar-refractivity contribution in [2.75, 3.05) is 57.9 Å². The maximum atomic E-state index is 16.8. The van der Waals surface area contributed by atoms with Crippen LogP contribution in [0.2, 0.25) is 5.02 Å². The summed E-state index contributed by atoms with van der Waals surface area (Å²) in [4.78, 5) is 30.8. The Kier molecular flexibility index (Phi) is 7.62. The standard InChI is InChI=1S/C29H31ClFN7O5/c1-37-6-4-16(5-7-37)42-28-34-25-20-12-32-26(24(25)31)23-18(21(30)11-22-19(23)13-33-36-22)3-2-9-41-29(39)43-17-14-38(27(20)35-28)8-10-40-15-17/h11-13,16-17H,2-10,14-15H2,1H3,(H,33,36)/t17-/m0/s1. The molecule has 0 saturated carbocycles. The molecule has 1 aromatic carbocycles. The van der Waals surface area contributed by atoms with Crippen LogP contribution in [0.1, 0.15) is 24.8 Å². The molecule has 1 N–H and O–H groups in total. The van der Waals surface area contributed by atoms with Crippen molar-refractivity contribution in [3.05, 3.63) is 34.9 Å². The number of pyridine rings is 1. The Labute approximate surface area is 251 Å². The summed E-state index contributed by atoms with van der Waals surface area (Å²) >= 11 is 6.74. The highest BCUT2D eigenvalue weighted by Gasteiger charge is 2.30. The maximum Gasteiger partial charge on any atom is 0.508 e. The number of fused-ring (bicyclic) bond motifs is 7. The van der Waals surface area contributed by atoms with Crippen molar-refractivity contribution in [1.29, 1.82) is 0 Å². The molecule has 12 nitrogen and oxygen atoms in total. The third kappa shape index (κ3) is 5.52. The summed E-state index contributed by atoms with van der Waals surface area (Å²) in [7, 11) is 2.07. The van der Waals surface area contributed by atoms with E-state index in [1.54, 1.807) is 18.5 Å². The molecule has 0 spiro atoms. The third-order valence-electron chi connectivity index (χ3n) is 8.20. The van der Waals surface area contributed by atoms with Gasteiger partial charge >= 0.3 is 12.2 Å². The Morgan fingerprint density at radius 2 is 2.00 bits per heavy atom. The Balaban J connectivity index is 1.43. The number of carbonyl (C=O) groups excluding carboxylic acids is 1. The molecule has 8 rings (SSSR count). The van der Waals surface area contributed by atoms with Crippen LogP contribution < -0.4 is 9.64 Å². The van der Waals surface area contributed by atoms with E-state index in [1.807, 2.05) is 4.90 Å². The molecule has 4 aliphatic heterocycles. The molecular weight excluding hydrogens is 581 g/mol. The molecular formula is C29H31ClFN7O5. The highest BCUT2D eigenvalue weighted by Crippen LogP contribution is 2.40. The van der Waals surface area contributed by atoms with E-state index < -0.39 is 18.1 Å². The van der Waals surface area contributed by atoms with E-state index in [9.17, 15) is 4.79 Å². The number of likely N-dealkylation sites (tertiary alicyclic amines) is 1. The molecule has 0 amide bonds. The smallest absolute Gasteiger partial charge is 0.460 e. The molecule has 4 aliphatic rings. The van der Waals surface area contributed by atoms with Gasteiger partial charge in [-0.3, -0.25) is 10.1 Å². The van der Waals surface area contributed by atoms with Gasteiger partial charge in [0.2, 0.25) is 0 Å². The number of nitrogens with zero attached hydrogens (tertiary/aromatic N) is 6. The zero-order chi connectivity index (χ0) is 29.5. The largest absolute Gasteiger partial charge is 0.508 e. The van der Waals surface area contributed by atoms with Gasteiger partial charge in [-0.1, -0.05) is 11.6 Å². The third-order valence-corrected chi connectivity index (χ3v) is 8.54. The van der Waals surface area contributed by atoms with E-state index in [0.29, 0.717) is 64.2 Å². The number of carbonyl (C=O) groups is 1. The van der Waals surface area contributed by atoms with Gasteiger partial charge < -0.3 is 28.7 Å². The number of hydrogen-bond donors (Lipinski definition) is 1. The second-order valence-corrected chi connectivity index (χ2v) is 11.5. The molecule has 4 aromatic rings. The van der Waals surface area contributed by atoms with Gasteiger partial charge in [0.15, 0.2) is 5.82 Å². The fourth-order valence-electron chi connectivity index (χ4n) is 5.98. The van der Waals surface area contributed by atoms with Crippen molar-refractivity contribution in [3.63, 3.8) is 0 Å². The minimum absolute atomic E-state index is 0.0784. The van der Waals surface area contributed by atoms with Gasteiger partial charge in [0.1, 0.15) is 29.2 Å². The average Bonchev–Trinajstić information content (AvgIpc) is 3.33. The van der Waals surface area contributed by atoms with Crippen LogP contribution in [-0.2, 0) is 20.6 Å². The van der Waals surface area contributed by atoms with Crippen LogP contribution in [0.5, 0.6) is 6.01 Å². The summed E-state index contributed by atoms with van der Waals surface area (Å²) in [5.74, 6) is -0.192. The molecule has 1 atom stereocenters. The van der Waals surface area contributed by atoms with Crippen molar-refractivity contribution >= 4 is 45.4 Å². The lowest BCUT2D eigenvalue weighted by Crippen LogP contribution is -2.37. The van der Waals surface area contributed by atoms with Gasteiger partial charge in [-0.2, -0.15) is 15.1 Å². The molecule has 2 saturated heterocycles. The molecule has 43 heavy (non-hydrogen) atoms. The quantitative estimate of drug-likeness (QED) is 0.329. The number of piperidine rings is 1. The molecule has 226 valence electrons. The van der Waals surface area contributed by atoms with Gasteiger partial charge in [0, 0.05) is 41.8 Å². The number of halogens is 2. The SMILES string of the molecule is CN1CCC(Oc2nc3c4cnc(c(F)c4n2)-c2c(c(Cl)cc4[nH]ncc24)CCCOC(=O)O[C@@H]2COCCN3C2)CC1. The lowest BCUT2D eigenvalue weighted by Gasteiger charge is -2.29. The monoisotopic (exact) mass is 611 g/mol. The first-order chi connectivity index (χ1) is 20.9. The van der Waals surface area contributed by atoms with Gasteiger partial charge in [-0.15, -0.1) is 0 Å². The fourth-order valence-corrected chi connectivity index (χ4v) is 6.27. The Hall–Kier alpha value is -3.81. The molecule has 0 aliphatic carbocycles. The Morgan fingerprint density at radius 3 is 2.86 bits per heavy atom. The number of benzene rings is 1. The number of anilines is 1. The van der Waals surface area contributed by atoms with Crippen LogP contribution in [-0.4, -0.2) is 101 Å². The van der Waals surface area contributed by atoms with E-state index in [2.05, 4.69) is 32.1 Å². The van der Waals surface area contributed by atoms with Crippen molar-refractivity contribution < 1.29 is 28.1 Å². The second kappa shape index (κ2) is 11.7. The highest BCUT2D eigenvalue weighted by molar-refractivity contribution is 6.33. The molecule has 7 heterocycles. The topological polar surface area (TPSA) is 128 Å². The number of ether oxygens (including phenoxy) is 4. The second-order valence-electron chi connectivity index (χ2n) is 11.1. The minimum atomic E-state index is -0.783. The van der Waals surface area contributed by atoms with E-state index in [0.717, 1.165) is 25.9 Å². The lowest BCUT2D eigenvalue weighted by atomic mass is 9.95. The summed E-state index contributed by atoms with van der Waals surface area (Å²) in [5.41, 5.74) is 1.98. The van der Waals surface area contributed by atoms with Gasteiger partial charge in [-0.05, 0) is 44.4 Å². The predicted molar refractivity (Wildman–Crippen MR) is 156 cm³/mol. The van der Waals surface area contributed by atoms with Gasteiger partial charge in [-0.25, -0.2) is 9.18 Å². The number of rotatable bonds is 2. The van der Waals surface area contributed by atoms with Crippen LogP contribution in [0.4, 0.5) is 15.0 Å². The molecule has 3 aromatic heterocycles. The summed E-state index contributed by atoms with van der Waals surface area (Å²) < 4.78 is 39.9. The predicted octanol–water partition coefficient (Wildman–Crippen LogP) is 4.14. The first-order valence-electron chi connectivity index (χ1n) is 14.5. The number of nitrogens with one attached hydrogen (secondary N) is 1. The summed E-state index contributed by atoms with van der Waals surface area (Å²) in [6.07, 6.45) is 4.11. The highest BCUT2D eigenvalue weighted by atomic mass is 35.5. The van der Waals surface area contributed by atoms with Crippen molar-refractivity contribution in [2.24, 2.45) is 0 Å². The Bertz CT molecular complexity index is 1680. The zero-order valence-electron chi connectivity index (χ0n) is 23.6. The summed E-state index contributed by atoms with van der Waals surface area (Å²) in [6, 6.07) is 1.83. The number of aromatic amines is 1. The molecule has 6 bridgehead atoms. The summed E-state index contributed by atoms with van der Waals surface area (Å²) in [5, 5.41) is 8.57. The van der Waals surface area contributed by atoms with Crippen LogP contribution in [0.15, 0.2) is 18.5 Å². The van der Waals surface area contributed by atoms with Gasteiger partial charge in [0.25, 0.3) is 0 Å². The fraction of sp³-hybridized carbons (Fsp3) is 0.483. The van der Waals surface area contributed by atoms with Crippen molar-refractivity contribution in [2.45, 2.75) is 37.9 Å².